The van der Waals surface area contributed by atoms with E-state index in [4.69, 9.17) is 9.47 Å². The van der Waals surface area contributed by atoms with Crippen LogP contribution in [-0.2, 0) is 16.6 Å². The smallest absolute Gasteiger partial charge is 0.174 e. The van der Waals surface area contributed by atoms with Crippen molar-refractivity contribution in [1.82, 2.24) is 5.32 Å². The maximum atomic E-state index is 12.6. The van der Waals surface area contributed by atoms with Gasteiger partial charge in [0.1, 0.15) is 0 Å². The van der Waals surface area contributed by atoms with Gasteiger partial charge >= 0.3 is 0 Å². The Morgan fingerprint density at radius 3 is 3.19 bits per heavy atom. The third-order valence-corrected chi connectivity index (χ3v) is 6.83. The van der Waals surface area contributed by atoms with Crippen molar-refractivity contribution in [3.63, 3.8) is 0 Å². The first-order valence-corrected chi connectivity index (χ1v) is 7.83. The third kappa shape index (κ3) is 0.901. The number of nitrogens with one attached hydrogen (secondary N) is 1. The predicted octanol–water partition coefficient (Wildman–Crippen LogP) is 1.20. The van der Waals surface area contributed by atoms with Gasteiger partial charge in [0.2, 0.25) is 0 Å². The molecule has 2 unspecified atom stereocenters. The van der Waals surface area contributed by atoms with E-state index < -0.39 is 0 Å². The minimum Gasteiger partial charge on any atom is -0.493 e. The van der Waals surface area contributed by atoms with E-state index in [0.717, 1.165) is 30.9 Å². The van der Waals surface area contributed by atoms with Crippen LogP contribution in [0.4, 0.5) is 0 Å². The van der Waals surface area contributed by atoms with Gasteiger partial charge in [0.15, 0.2) is 23.4 Å². The summed E-state index contributed by atoms with van der Waals surface area (Å²) in [4.78, 5) is 12.6. The number of benzene rings is 1. The van der Waals surface area contributed by atoms with E-state index in [9.17, 15) is 4.79 Å². The van der Waals surface area contributed by atoms with Crippen molar-refractivity contribution in [3.8, 4) is 11.5 Å². The lowest BCUT2D eigenvalue weighted by Crippen LogP contribution is -2.72. The second-order valence-electron chi connectivity index (χ2n) is 7.52. The Morgan fingerprint density at radius 2 is 2.33 bits per heavy atom. The lowest BCUT2D eigenvalue weighted by Gasteiger charge is -2.66. The quantitative estimate of drug-likeness (QED) is 0.841. The fourth-order valence-corrected chi connectivity index (χ4v) is 6.50. The van der Waals surface area contributed by atoms with E-state index in [0.29, 0.717) is 24.2 Å². The molecule has 2 aliphatic heterocycles. The molecule has 2 heterocycles. The summed E-state index contributed by atoms with van der Waals surface area (Å²) in [5, 5.41) is 3.70. The van der Waals surface area contributed by atoms with Gasteiger partial charge in [-0.3, -0.25) is 4.79 Å². The van der Waals surface area contributed by atoms with Gasteiger partial charge < -0.3 is 14.8 Å². The molecule has 7 rings (SSSR count). The molecule has 2 bridgehead atoms. The van der Waals surface area contributed by atoms with Crippen LogP contribution in [0, 0.1) is 11.3 Å². The maximum Gasteiger partial charge on any atom is 0.174 e. The fourth-order valence-electron chi connectivity index (χ4n) is 6.50. The molecule has 4 fully saturated rings. The van der Waals surface area contributed by atoms with Crippen LogP contribution in [0.3, 0.4) is 0 Å². The van der Waals surface area contributed by atoms with Crippen LogP contribution in [0.1, 0.15) is 24.0 Å². The molecule has 6 aliphatic rings. The van der Waals surface area contributed by atoms with Crippen LogP contribution in [0.2, 0.25) is 0 Å². The predicted molar refractivity (Wildman–Crippen MR) is 74.7 cm³/mol. The van der Waals surface area contributed by atoms with E-state index in [2.05, 4.69) is 11.4 Å². The normalized spacial score (nSPS) is 46.7. The number of carbonyl (C=O) groups is 1. The van der Waals surface area contributed by atoms with Crippen molar-refractivity contribution in [2.45, 2.75) is 36.8 Å². The van der Waals surface area contributed by atoms with E-state index >= 15 is 0 Å². The molecule has 0 aromatic heterocycles. The SMILES string of the molecule is COc1ccc2c3c1O[C@H]1C(=O)CC45CN[C@H](C2)C4[C@@]31C5. The monoisotopic (exact) mass is 283 g/mol. The van der Waals surface area contributed by atoms with Gasteiger partial charge in [-0.15, -0.1) is 0 Å². The van der Waals surface area contributed by atoms with E-state index in [-0.39, 0.29) is 16.9 Å². The minimum atomic E-state index is -0.267. The first kappa shape index (κ1) is 11.1. The summed E-state index contributed by atoms with van der Waals surface area (Å²) in [5.41, 5.74) is 2.82. The van der Waals surface area contributed by atoms with Crippen LogP contribution < -0.4 is 14.8 Å². The van der Waals surface area contributed by atoms with Gasteiger partial charge in [0.05, 0.1) is 7.11 Å². The maximum absolute atomic E-state index is 12.6. The molecule has 2 spiro atoms. The molecule has 1 N–H and O–H groups in total. The second-order valence-corrected chi connectivity index (χ2v) is 7.52. The summed E-state index contributed by atoms with van der Waals surface area (Å²) in [6.45, 7) is 1.00. The highest BCUT2D eigenvalue weighted by Crippen LogP contribution is 2.76. The number of Topliss-reactive ketones (excluding diaryl/α,β-unsaturated/α-hetero) is 1. The average Bonchev–Trinajstić information content (AvgIpc) is 2.96. The highest BCUT2D eigenvalue weighted by Gasteiger charge is 2.80. The van der Waals surface area contributed by atoms with E-state index in [1.807, 2.05) is 6.07 Å². The third-order valence-electron chi connectivity index (χ3n) is 6.83. The number of carbonyl (C=O) groups excluding carboxylic acids is 1. The van der Waals surface area contributed by atoms with Gasteiger partial charge in [-0.1, -0.05) is 6.07 Å². The number of ether oxygens (including phenoxy) is 2. The number of rotatable bonds is 1. The summed E-state index contributed by atoms with van der Waals surface area (Å²) in [5.74, 6) is 2.51. The van der Waals surface area contributed by atoms with Crippen molar-refractivity contribution in [1.29, 1.82) is 0 Å². The fraction of sp³-hybridized carbons (Fsp3) is 0.588. The zero-order valence-corrected chi connectivity index (χ0v) is 11.9. The van der Waals surface area contributed by atoms with Crippen LogP contribution in [-0.4, -0.2) is 31.6 Å². The van der Waals surface area contributed by atoms with Crippen LogP contribution in [0.25, 0.3) is 0 Å². The molecule has 5 atom stereocenters. The number of hydrogen-bond donors (Lipinski definition) is 1. The van der Waals surface area contributed by atoms with Gasteiger partial charge in [0, 0.05) is 30.0 Å². The average molecular weight is 283 g/mol. The molecule has 4 heteroatoms. The van der Waals surface area contributed by atoms with E-state index in [1.165, 1.54) is 11.1 Å². The van der Waals surface area contributed by atoms with Crippen molar-refractivity contribution >= 4 is 5.78 Å². The molecule has 0 amide bonds. The highest BCUT2D eigenvalue weighted by molar-refractivity contribution is 5.92. The number of hydrogen-bond acceptors (Lipinski definition) is 4. The van der Waals surface area contributed by atoms with Crippen molar-refractivity contribution in [2.24, 2.45) is 11.3 Å². The van der Waals surface area contributed by atoms with Crippen LogP contribution >= 0.6 is 0 Å². The number of ketones is 1. The summed E-state index contributed by atoms with van der Waals surface area (Å²) in [6.07, 6.45) is 2.60. The summed E-state index contributed by atoms with van der Waals surface area (Å²) in [7, 11) is 1.68. The van der Waals surface area contributed by atoms with Gasteiger partial charge in [0.25, 0.3) is 0 Å². The zero-order chi connectivity index (χ0) is 14.0. The molecule has 1 saturated heterocycles. The van der Waals surface area contributed by atoms with Crippen molar-refractivity contribution < 1.29 is 14.3 Å². The summed E-state index contributed by atoms with van der Waals surface area (Å²) >= 11 is 0. The standard InChI is InChI=1S/C17H17NO3/c1-20-11-3-2-8-4-9-14-16(7-18-9)5-10(19)15-17(14,6-16)12(8)13(11)21-15/h2-3,9,14-15,18H,4-7H2,1H3/t9-,14?,15+,16?,17-/m1/s1. The number of methoxy groups -OCH3 is 1. The first-order valence-electron chi connectivity index (χ1n) is 7.83. The molecule has 1 aromatic rings. The Labute approximate surface area is 122 Å². The molecular weight excluding hydrogens is 266 g/mol. The topological polar surface area (TPSA) is 47.6 Å². The Morgan fingerprint density at radius 1 is 1.43 bits per heavy atom. The Bertz CT molecular complexity index is 729. The molecule has 4 nitrogen and oxygen atoms in total. The lowest BCUT2D eigenvalue weighted by atomic mass is 9.35. The minimum absolute atomic E-state index is 0.0546. The Balaban J connectivity index is 1.69. The zero-order valence-electron chi connectivity index (χ0n) is 11.9. The lowest BCUT2D eigenvalue weighted by molar-refractivity contribution is -0.168. The highest BCUT2D eigenvalue weighted by atomic mass is 16.5. The molecule has 0 radical (unpaired) electrons. The van der Waals surface area contributed by atoms with Crippen LogP contribution in [0.5, 0.6) is 11.5 Å². The summed E-state index contributed by atoms with van der Waals surface area (Å²) in [6, 6.07) is 4.69. The molecule has 1 aromatic carbocycles. The first-order chi connectivity index (χ1) is 10.2. The molecule has 21 heavy (non-hydrogen) atoms. The Hall–Kier alpha value is -1.55. The number of fused-ring (bicyclic) bond motifs is 1. The van der Waals surface area contributed by atoms with Crippen LogP contribution in [0.15, 0.2) is 12.1 Å². The van der Waals surface area contributed by atoms with E-state index in [1.54, 1.807) is 7.11 Å². The molecule has 4 aliphatic carbocycles. The van der Waals surface area contributed by atoms with Crippen molar-refractivity contribution in [3.05, 3.63) is 23.3 Å². The summed E-state index contributed by atoms with van der Waals surface area (Å²) < 4.78 is 11.7. The largest absolute Gasteiger partial charge is 0.493 e. The molecule has 3 saturated carbocycles. The van der Waals surface area contributed by atoms with Gasteiger partial charge in [-0.2, -0.15) is 0 Å². The second kappa shape index (κ2) is 2.98. The van der Waals surface area contributed by atoms with Gasteiger partial charge in [-0.25, -0.2) is 0 Å². The van der Waals surface area contributed by atoms with Crippen molar-refractivity contribution in [2.75, 3.05) is 13.7 Å². The molecule has 108 valence electrons. The Kier molecular flexibility index (Phi) is 1.57. The molecular formula is C17H17NO3. The van der Waals surface area contributed by atoms with Gasteiger partial charge in [-0.05, 0) is 35.8 Å².